The number of ether oxygens (including phenoxy) is 2. The van der Waals surface area contributed by atoms with E-state index in [0.29, 0.717) is 11.3 Å². The highest BCUT2D eigenvalue weighted by molar-refractivity contribution is 5.96. The van der Waals surface area contributed by atoms with Crippen molar-refractivity contribution in [2.24, 2.45) is 0 Å². The molecule has 0 radical (unpaired) electrons. The predicted octanol–water partition coefficient (Wildman–Crippen LogP) is 3.29. The Morgan fingerprint density at radius 2 is 1.70 bits per heavy atom. The van der Waals surface area contributed by atoms with Crippen LogP contribution in [0.25, 0.3) is 0 Å². The van der Waals surface area contributed by atoms with E-state index in [0.717, 1.165) is 17.7 Å². The van der Waals surface area contributed by atoms with Crippen molar-refractivity contribution in [1.82, 2.24) is 4.90 Å². The molecule has 7 nitrogen and oxygen atoms in total. The van der Waals surface area contributed by atoms with E-state index in [1.165, 1.54) is 11.9 Å². The largest absolute Gasteiger partial charge is 0.491 e. The average molecular weight is 412 g/mol. The summed E-state index contributed by atoms with van der Waals surface area (Å²) < 4.78 is 10.6. The monoisotopic (exact) mass is 412 g/mol. The van der Waals surface area contributed by atoms with Crippen LogP contribution in [0.4, 0.5) is 5.69 Å². The molecular weight excluding hydrogens is 384 g/mol. The molecule has 0 atom stereocenters. The lowest BCUT2D eigenvalue weighted by atomic mass is 10.1. The summed E-state index contributed by atoms with van der Waals surface area (Å²) in [6, 6.07) is 14.0. The zero-order chi connectivity index (χ0) is 22.1. The molecule has 0 aliphatic rings. The number of aryl methyl sites for hydroxylation is 1. The van der Waals surface area contributed by atoms with Crippen molar-refractivity contribution in [3.05, 3.63) is 59.7 Å². The Morgan fingerprint density at radius 1 is 1.03 bits per heavy atom. The Labute approximate surface area is 177 Å². The van der Waals surface area contributed by atoms with Gasteiger partial charge in [0, 0.05) is 12.7 Å². The molecular formula is C23H28N2O5. The van der Waals surface area contributed by atoms with Gasteiger partial charge in [0.25, 0.3) is 5.91 Å². The van der Waals surface area contributed by atoms with E-state index < -0.39 is 18.5 Å². The van der Waals surface area contributed by atoms with E-state index in [4.69, 9.17) is 9.47 Å². The summed E-state index contributed by atoms with van der Waals surface area (Å²) >= 11 is 0. The van der Waals surface area contributed by atoms with E-state index in [2.05, 4.69) is 5.32 Å². The number of anilines is 1. The van der Waals surface area contributed by atoms with Gasteiger partial charge in [-0.25, -0.2) is 4.79 Å². The van der Waals surface area contributed by atoms with Gasteiger partial charge >= 0.3 is 5.97 Å². The molecule has 0 aliphatic heterocycles. The van der Waals surface area contributed by atoms with Gasteiger partial charge in [0.2, 0.25) is 5.91 Å². The number of esters is 1. The normalized spacial score (nSPS) is 10.4. The van der Waals surface area contributed by atoms with Crippen LogP contribution in [-0.2, 0) is 20.7 Å². The molecule has 1 N–H and O–H groups in total. The zero-order valence-electron chi connectivity index (χ0n) is 17.8. The first-order chi connectivity index (χ1) is 14.3. The number of hydrogen-bond donors (Lipinski definition) is 1. The number of nitrogens with zero attached hydrogens (tertiary/aromatic N) is 1. The predicted molar refractivity (Wildman–Crippen MR) is 115 cm³/mol. The Morgan fingerprint density at radius 3 is 2.33 bits per heavy atom. The lowest BCUT2D eigenvalue weighted by Crippen LogP contribution is -2.37. The molecule has 2 aromatic rings. The van der Waals surface area contributed by atoms with Crippen molar-refractivity contribution in [2.75, 3.05) is 25.5 Å². The summed E-state index contributed by atoms with van der Waals surface area (Å²) in [5.74, 6) is -0.761. The standard InChI is InChI=1S/C23H28N2O5/c1-5-17-8-6-7-9-20(17)24-21(26)14-25(4)22(27)15-29-23(28)18-10-12-19(13-11-18)30-16(2)3/h6-13,16H,5,14-15H2,1-4H3,(H,24,26). The minimum Gasteiger partial charge on any atom is -0.491 e. The molecule has 2 aromatic carbocycles. The smallest absolute Gasteiger partial charge is 0.338 e. The number of para-hydroxylation sites is 1. The molecule has 0 spiro atoms. The number of carbonyl (C=O) groups is 3. The molecule has 160 valence electrons. The average Bonchev–Trinajstić information content (AvgIpc) is 2.72. The zero-order valence-corrected chi connectivity index (χ0v) is 17.8. The molecule has 2 amide bonds. The third-order valence-corrected chi connectivity index (χ3v) is 4.27. The quantitative estimate of drug-likeness (QED) is 0.639. The molecule has 30 heavy (non-hydrogen) atoms. The van der Waals surface area contributed by atoms with Gasteiger partial charge in [0.15, 0.2) is 6.61 Å². The highest BCUT2D eigenvalue weighted by Crippen LogP contribution is 2.16. The Bertz CT molecular complexity index is 877. The van der Waals surface area contributed by atoms with Crippen LogP contribution in [0.15, 0.2) is 48.5 Å². The van der Waals surface area contributed by atoms with Crippen LogP contribution in [0.3, 0.4) is 0 Å². The van der Waals surface area contributed by atoms with Gasteiger partial charge in [-0.05, 0) is 56.2 Å². The molecule has 0 fully saturated rings. The van der Waals surface area contributed by atoms with Crippen LogP contribution in [0, 0.1) is 0 Å². The van der Waals surface area contributed by atoms with Crippen molar-refractivity contribution in [1.29, 1.82) is 0 Å². The Kier molecular flexibility index (Phi) is 8.41. The molecule has 0 aliphatic carbocycles. The first-order valence-electron chi connectivity index (χ1n) is 9.85. The maximum absolute atomic E-state index is 12.2. The van der Waals surface area contributed by atoms with Crippen LogP contribution in [0.2, 0.25) is 0 Å². The van der Waals surface area contributed by atoms with Gasteiger partial charge in [-0.3, -0.25) is 9.59 Å². The van der Waals surface area contributed by atoms with Crippen LogP contribution >= 0.6 is 0 Å². The van der Waals surface area contributed by atoms with E-state index in [1.807, 2.05) is 45.0 Å². The number of likely N-dealkylation sites (N-methyl/N-ethyl adjacent to an activating group) is 1. The second-order valence-corrected chi connectivity index (χ2v) is 7.08. The van der Waals surface area contributed by atoms with Gasteiger partial charge in [-0.15, -0.1) is 0 Å². The highest BCUT2D eigenvalue weighted by Gasteiger charge is 2.16. The fourth-order valence-electron chi connectivity index (χ4n) is 2.71. The van der Waals surface area contributed by atoms with Crippen molar-refractivity contribution >= 4 is 23.5 Å². The molecule has 0 saturated carbocycles. The number of rotatable bonds is 9. The summed E-state index contributed by atoms with van der Waals surface area (Å²) in [6.07, 6.45) is 0.815. The second-order valence-electron chi connectivity index (χ2n) is 7.08. The van der Waals surface area contributed by atoms with Gasteiger partial charge in [0.05, 0.1) is 18.2 Å². The van der Waals surface area contributed by atoms with Gasteiger partial charge in [0.1, 0.15) is 5.75 Å². The molecule has 0 bridgehead atoms. The van der Waals surface area contributed by atoms with Crippen molar-refractivity contribution in [3.63, 3.8) is 0 Å². The minimum atomic E-state index is -0.617. The highest BCUT2D eigenvalue weighted by atomic mass is 16.5. The van der Waals surface area contributed by atoms with Crippen LogP contribution in [0.5, 0.6) is 5.75 Å². The van der Waals surface area contributed by atoms with Crippen molar-refractivity contribution in [3.8, 4) is 5.75 Å². The van der Waals surface area contributed by atoms with Crippen LogP contribution in [-0.4, -0.2) is 49.0 Å². The fourth-order valence-corrected chi connectivity index (χ4v) is 2.71. The maximum atomic E-state index is 12.2. The van der Waals surface area contributed by atoms with Gasteiger partial charge in [-0.2, -0.15) is 0 Å². The fraction of sp³-hybridized carbons (Fsp3) is 0.348. The first kappa shape index (κ1) is 22.9. The SMILES string of the molecule is CCc1ccccc1NC(=O)CN(C)C(=O)COC(=O)c1ccc(OC(C)C)cc1. The molecule has 7 heteroatoms. The maximum Gasteiger partial charge on any atom is 0.338 e. The van der Waals surface area contributed by atoms with Gasteiger partial charge < -0.3 is 19.7 Å². The summed E-state index contributed by atoms with van der Waals surface area (Å²) in [6.45, 7) is 5.23. The number of carbonyl (C=O) groups excluding carboxylic acids is 3. The molecule has 0 unspecified atom stereocenters. The molecule has 0 aromatic heterocycles. The number of nitrogens with one attached hydrogen (secondary N) is 1. The molecule has 0 heterocycles. The summed E-state index contributed by atoms with van der Waals surface area (Å²) in [7, 11) is 1.49. The van der Waals surface area contributed by atoms with Crippen molar-refractivity contribution in [2.45, 2.75) is 33.3 Å². The summed E-state index contributed by atoms with van der Waals surface area (Å²) in [4.78, 5) is 37.8. The lowest BCUT2D eigenvalue weighted by Gasteiger charge is -2.17. The van der Waals surface area contributed by atoms with E-state index in [-0.39, 0.29) is 18.6 Å². The van der Waals surface area contributed by atoms with Gasteiger partial charge in [-0.1, -0.05) is 25.1 Å². The minimum absolute atomic E-state index is 0.0311. The van der Waals surface area contributed by atoms with E-state index >= 15 is 0 Å². The first-order valence-corrected chi connectivity index (χ1v) is 9.85. The summed E-state index contributed by atoms with van der Waals surface area (Å²) in [5, 5.41) is 2.80. The van der Waals surface area contributed by atoms with Crippen LogP contribution < -0.4 is 10.1 Å². The van der Waals surface area contributed by atoms with Crippen LogP contribution in [0.1, 0.15) is 36.7 Å². The number of benzene rings is 2. The van der Waals surface area contributed by atoms with Crippen molar-refractivity contribution < 1.29 is 23.9 Å². The van der Waals surface area contributed by atoms with E-state index in [1.54, 1.807) is 24.3 Å². The number of hydrogen-bond acceptors (Lipinski definition) is 5. The number of amides is 2. The third-order valence-electron chi connectivity index (χ3n) is 4.27. The summed E-state index contributed by atoms with van der Waals surface area (Å²) in [5.41, 5.74) is 2.05. The Hall–Kier alpha value is -3.35. The molecule has 0 saturated heterocycles. The second kappa shape index (κ2) is 11.0. The Balaban J connectivity index is 1.82. The third kappa shape index (κ3) is 6.92. The lowest BCUT2D eigenvalue weighted by molar-refractivity contribution is -0.136. The topological polar surface area (TPSA) is 84.9 Å². The van der Waals surface area contributed by atoms with E-state index in [9.17, 15) is 14.4 Å². The molecule has 2 rings (SSSR count).